The Bertz CT molecular complexity index is 1200. The highest BCUT2D eigenvalue weighted by atomic mass is 32.2. The van der Waals surface area contributed by atoms with Crippen molar-refractivity contribution in [1.82, 2.24) is 15.2 Å². The van der Waals surface area contributed by atoms with E-state index in [0.717, 1.165) is 53.9 Å². The molecule has 152 valence electrons. The minimum Gasteiger partial charge on any atom is -0.352 e. The maximum Gasteiger partial charge on any atom is 0.186 e. The summed E-state index contributed by atoms with van der Waals surface area (Å²) in [4.78, 5) is 9.39. The normalized spacial score (nSPS) is 18.8. The highest BCUT2D eigenvalue weighted by Crippen LogP contribution is 2.32. The summed E-state index contributed by atoms with van der Waals surface area (Å²) in [6.07, 6.45) is 0.467. The first kappa shape index (κ1) is 18.7. The highest BCUT2D eigenvalue weighted by molar-refractivity contribution is 7.90. The van der Waals surface area contributed by atoms with Crippen molar-refractivity contribution in [2.75, 3.05) is 41.7 Å². The zero-order valence-corrected chi connectivity index (χ0v) is 18.2. The van der Waals surface area contributed by atoms with Crippen LogP contribution >= 0.6 is 11.3 Å². The summed E-state index contributed by atoms with van der Waals surface area (Å²) < 4.78 is 25.1. The van der Waals surface area contributed by atoms with Gasteiger partial charge in [-0.1, -0.05) is 17.4 Å². The lowest BCUT2D eigenvalue weighted by molar-refractivity contribution is 0.589. The van der Waals surface area contributed by atoms with Crippen molar-refractivity contribution in [3.8, 4) is 0 Å². The largest absolute Gasteiger partial charge is 0.352 e. The molecule has 0 amide bonds. The number of rotatable bonds is 2. The van der Waals surface area contributed by atoms with Crippen molar-refractivity contribution in [2.45, 2.75) is 26.0 Å². The van der Waals surface area contributed by atoms with Crippen molar-refractivity contribution in [1.29, 1.82) is 0 Å². The summed E-state index contributed by atoms with van der Waals surface area (Å²) in [6.45, 7) is 7.58. The molecule has 0 bridgehead atoms. The van der Waals surface area contributed by atoms with E-state index >= 15 is 0 Å². The number of anilines is 2. The second-order valence-electron chi connectivity index (χ2n) is 7.92. The summed E-state index contributed by atoms with van der Waals surface area (Å²) in [7, 11) is -3.01. The molecule has 4 heterocycles. The molecular weight excluding hydrogens is 406 g/mol. The number of hydrogen-bond donors (Lipinski definition) is 0. The van der Waals surface area contributed by atoms with Crippen LogP contribution in [0, 0.1) is 13.8 Å². The van der Waals surface area contributed by atoms with E-state index in [0.29, 0.717) is 6.42 Å². The Labute approximate surface area is 174 Å². The van der Waals surface area contributed by atoms with Gasteiger partial charge in [-0.15, -0.1) is 5.10 Å². The topological polar surface area (TPSA) is 79.3 Å². The van der Waals surface area contributed by atoms with E-state index < -0.39 is 9.84 Å². The first-order valence-electron chi connectivity index (χ1n) is 9.81. The molecule has 0 atom stereocenters. The fourth-order valence-electron chi connectivity index (χ4n) is 4.12. The summed E-state index contributed by atoms with van der Waals surface area (Å²) in [5.41, 5.74) is 5.21. The first-order chi connectivity index (χ1) is 13.9. The van der Waals surface area contributed by atoms with Gasteiger partial charge in [0, 0.05) is 32.6 Å². The molecule has 0 saturated carbocycles. The number of sulfone groups is 1. The smallest absolute Gasteiger partial charge is 0.186 e. The van der Waals surface area contributed by atoms with Crippen molar-refractivity contribution >= 4 is 42.3 Å². The molecule has 1 saturated heterocycles. The average Bonchev–Trinajstić information content (AvgIpc) is 3.11. The number of hydrogen-bond acceptors (Lipinski definition) is 8. The van der Waals surface area contributed by atoms with Crippen molar-refractivity contribution in [3.05, 3.63) is 40.6 Å². The molecule has 0 unspecified atom stereocenters. The summed E-state index contributed by atoms with van der Waals surface area (Å²) in [5, 5.41) is 9.74. The highest BCUT2D eigenvalue weighted by Gasteiger charge is 2.26. The minimum absolute atomic E-state index is 0.0787. The van der Waals surface area contributed by atoms with Gasteiger partial charge in [-0.25, -0.2) is 13.4 Å². The molecule has 9 heteroatoms. The van der Waals surface area contributed by atoms with Gasteiger partial charge in [0.2, 0.25) is 0 Å². The van der Waals surface area contributed by atoms with Gasteiger partial charge in [0.15, 0.2) is 20.8 Å². The minimum atomic E-state index is -3.01. The van der Waals surface area contributed by atoms with Crippen LogP contribution < -0.4 is 9.80 Å². The number of piperazine rings is 1. The van der Waals surface area contributed by atoms with E-state index in [4.69, 9.17) is 4.98 Å². The van der Waals surface area contributed by atoms with Gasteiger partial charge in [0.25, 0.3) is 0 Å². The second kappa shape index (κ2) is 6.91. The van der Waals surface area contributed by atoms with Crippen LogP contribution in [-0.2, 0) is 22.0 Å². The number of nitrogens with zero attached hydrogens (tertiary/aromatic N) is 5. The van der Waals surface area contributed by atoms with Crippen LogP contribution in [0.15, 0.2) is 18.2 Å². The lowest BCUT2D eigenvalue weighted by Crippen LogP contribution is -2.47. The standard InChI is InChI=1S/C20H23N5O2S2/c1-13-9-14(2)19-17(10-13)28-20(21-19)25-6-4-24(5-7-25)18-11-15-12-29(26,27)8-3-16(15)22-23-18/h9-11H,3-8,12H2,1-2H3. The summed E-state index contributed by atoms with van der Waals surface area (Å²) in [5.74, 6) is 1.03. The number of aryl methyl sites for hydroxylation is 3. The van der Waals surface area contributed by atoms with Gasteiger partial charge in [-0.2, -0.15) is 5.10 Å². The molecule has 0 N–H and O–H groups in total. The van der Waals surface area contributed by atoms with Crippen molar-refractivity contribution in [2.24, 2.45) is 0 Å². The molecule has 2 aliphatic rings. The van der Waals surface area contributed by atoms with Gasteiger partial charge in [-0.05, 0) is 42.7 Å². The average molecular weight is 430 g/mol. The fraction of sp³-hybridized carbons (Fsp3) is 0.450. The SMILES string of the molecule is Cc1cc(C)c2nc(N3CCN(c4cc5c(nn4)CCS(=O)(=O)C5)CC3)sc2c1. The predicted molar refractivity (Wildman–Crippen MR) is 117 cm³/mol. The van der Waals surface area contributed by atoms with E-state index in [1.54, 1.807) is 11.3 Å². The molecule has 2 aliphatic heterocycles. The molecule has 1 fully saturated rings. The lowest BCUT2D eigenvalue weighted by atomic mass is 10.1. The van der Waals surface area contributed by atoms with Crippen molar-refractivity contribution < 1.29 is 8.42 Å². The van der Waals surface area contributed by atoms with Crippen LogP contribution in [-0.4, -0.2) is 55.5 Å². The first-order valence-corrected chi connectivity index (χ1v) is 12.5. The molecule has 0 radical (unpaired) electrons. The van der Waals surface area contributed by atoms with Crippen molar-refractivity contribution in [3.63, 3.8) is 0 Å². The quantitative estimate of drug-likeness (QED) is 0.619. The maximum atomic E-state index is 11.9. The molecule has 7 nitrogen and oxygen atoms in total. The summed E-state index contributed by atoms with van der Waals surface area (Å²) >= 11 is 1.75. The van der Waals surface area contributed by atoms with E-state index in [1.807, 2.05) is 6.07 Å². The van der Waals surface area contributed by atoms with E-state index in [1.165, 1.54) is 15.8 Å². The van der Waals surface area contributed by atoms with E-state index in [9.17, 15) is 8.42 Å². The summed E-state index contributed by atoms with van der Waals surface area (Å²) in [6, 6.07) is 6.30. The van der Waals surface area contributed by atoms with Crippen LogP contribution in [0.3, 0.4) is 0 Å². The maximum absolute atomic E-state index is 11.9. The lowest BCUT2D eigenvalue weighted by Gasteiger charge is -2.35. The Kier molecular flexibility index (Phi) is 4.47. The van der Waals surface area contributed by atoms with Gasteiger partial charge in [0.1, 0.15) is 0 Å². The Balaban J connectivity index is 1.33. The number of aromatic nitrogens is 3. The Hall–Kier alpha value is -2.26. The van der Waals surface area contributed by atoms with Crippen LogP contribution in [0.2, 0.25) is 0 Å². The van der Waals surface area contributed by atoms with Gasteiger partial charge >= 0.3 is 0 Å². The molecule has 0 aliphatic carbocycles. The fourth-order valence-corrected chi connectivity index (χ4v) is 6.68. The molecule has 1 aromatic carbocycles. The third-order valence-electron chi connectivity index (χ3n) is 5.67. The van der Waals surface area contributed by atoms with Gasteiger partial charge in [-0.3, -0.25) is 0 Å². The zero-order chi connectivity index (χ0) is 20.2. The van der Waals surface area contributed by atoms with Crippen LogP contribution in [0.5, 0.6) is 0 Å². The molecule has 2 aromatic heterocycles. The van der Waals surface area contributed by atoms with E-state index in [-0.39, 0.29) is 11.5 Å². The van der Waals surface area contributed by atoms with Crippen LogP contribution in [0.25, 0.3) is 10.2 Å². The molecule has 0 spiro atoms. The number of benzene rings is 1. The van der Waals surface area contributed by atoms with Crippen LogP contribution in [0.1, 0.15) is 22.4 Å². The van der Waals surface area contributed by atoms with E-state index in [2.05, 4.69) is 46.0 Å². The number of thiazole rings is 1. The zero-order valence-electron chi connectivity index (χ0n) is 16.6. The van der Waals surface area contributed by atoms with Gasteiger partial charge in [0.05, 0.1) is 27.4 Å². The number of fused-ring (bicyclic) bond motifs is 2. The Morgan fingerprint density at radius 3 is 2.55 bits per heavy atom. The monoisotopic (exact) mass is 429 g/mol. The molecular formula is C20H23N5O2S2. The predicted octanol–water partition coefficient (Wildman–Crippen LogP) is 2.50. The molecule has 5 rings (SSSR count). The molecule has 3 aromatic rings. The van der Waals surface area contributed by atoms with Gasteiger partial charge < -0.3 is 9.80 Å². The Morgan fingerprint density at radius 1 is 1.00 bits per heavy atom. The molecule has 29 heavy (non-hydrogen) atoms. The third kappa shape index (κ3) is 3.57. The second-order valence-corrected chi connectivity index (χ2v) is 11.1. The third-order valence-corrected chi connectivity index (χ3v) is 8.31. The Morgan fingerprint density at radius 2 is 1.76 bits per heavy atom. The van der Waals surface area contributed by atoms with Crippen LogP contribution in [0.4, 0.5) is 10.9 Å².